The second-order valence-corrected chi connectivity index (χ2v) is 5.26. The van der Waals surface area contributed by atoms with E-state index in [9.17, 15) is 0 Å². The highest BCUT2D eigenvalue weighted by molar-refractivity contribution is 6.02. The molecule has 4 nitrogen and oxygen atoms in total. The summed E-state index contributed by atoms with van der Waals surface area (Å²) in [5, 5.41) is 3.29. The predicted molar refractivity (Wildman–Crippen MR) is 98.1 cm³/mol. The van der Waals surface area contributed by atoms with Crippen molar-refractivity contribution in [2.24, 2.45) is 4.99 Å². The minimum atomic E-state index is 0. The van der Waals surface area contributed by atoms with Gasteiger partial charge in [-0.2, -0.15) is 0 Å². The summed E-state index contributed by atoms with van der Waals surface area (Å²) in [6.45, 7) is 1.77. The van der Waals surface area contributed by atoms with Crippen LogP contribution >= 0.6 is 12.4 Å². The van der Waals surface area contributed by atoms with E-state index in [0.29, 0.717) is 0 Å². The summed E-state index contributed by atoms with van der Waals surface area (Å²) < 4.78 is 0. The quantitative estimate of drug-likeness (QED) is 0.774. The van der Waals surface area contributed by atoms with E-state index in [1.54, 1.807) is 0 Å². The Labute approximate surface area is 140 Å². The topological polar surface area (TPSA) is 53.1 Å². The highest BCUT2D eigenvalue weighted by Crippen LogP contribution is 2.16. The fourth-order valence-corrected chi connectivity index (χ4v) is 2.59. The van der Waals surface area contributed by atoms with Crippen molar-refractivity contribution in [3.63, 3.8) is 0 Å². The lowest BCUT2D eigenvalue weighted by Gasteiger charge is -2.01. The maximum absolute atomic E-state index is 4.59. The summed E-state index contributed by atoms with van der Waals surface area (Å²) in [6, 6.07) is 16.4. The molecule has 0 fully saturated rings. The molecule has 0 atom stereocenters. The smallest absolute Gasteiger partial charge is 0.131 e. The van der Waals surface area contributed by atoms with Crippen molar-refractivity contribution in [3.8, 4) is 0 Å². The molecule has 0 saturated carbocycles. The number of nitrogens with zero attached hydrogens (tertiary/aromatic N) is 2. The number of rotatable bonds is 3. The number of amidine groups is 1. The maximum atomic E-state index is 4.59. The molecule has 3 aromatic rings. The number of hydrogen-bond donors (Lipinski definition) is 2. The number of hydrogen-bond acceptors (Lipinski definition) is 3. The Bertz CT molecular complexity index is 865. The number of imidazole rings is 1. The number of nitrogens with one attached hydrogen (secondary N) is 2. The monoisotopic (exact) mass is 324 g/mol. The van der Waals surface area contributed by atoms with Crippen LogP contribution in [0.1, 0.15) is 17.0 Å². The minimum absolute atomic E-state index is 0. The fourth-order valence-electron chi connectivity index (χ4n) is 2.59. The molecular weight excluding hydrogens is 308 g/mol. The van der Waals surface area contributed by atoms with E-state index in [2.05, 4.69) is 50.6 Å². The maximum Gasteiger partial charge on any atom is 0.131 e. The van der Waals surface area contributed by atoms with Crippen LogP contribution in [0, 0.1) is 0 Å². The van der Waals surface area contributed by atoms with Crippen LogP contribution < -0.4 is 5.32 Å². The molecule has 0 radical (unpaired) electrons. The Balaban J connectivity index is 0.00000156. The molecular formula is C18H17ClN4. The molecule has 1 aliphatic heterocycles. The largest absolute Gasteiger partial charge is 0.368 e. The predicted octanol–water partition coefficient (Wildman–Crippen LogP) is 3.50. The molecule has 0 unspecified atom stereocenters. The van der Waals surface area contributed by atoms with Gasteiger partial charge in [0.05, 0.1) is 17.6 Å². The number of aliphatic imine (C=N–C) groups is 1. The summed E-state index contributed by atoms with van der Waals surface area (Å²) in [7, 11) is 0. The summed E-state index contributed by atoms with van der Waals surface area (Å²) >= 11 is 0. The van der Waals surface area contributed by atoms with E-state index in [0.717, 1.165) is 46.9 Å². The van der Waals surface area contributed by atoms with Crippen molar-refractivity contribution in [3.05, 3.63) is 65.5 Å². The number of H-pyrrole nitrogens is 1. The van der Waals surface area contributed by atoms with Crippen LogP contribution in [-0.4, -0.2) is 28.9 Å². The second kappa shape index (κ2) is 6.67. The van der Waals surface area contributed by atoms with E-state index in [1.807, 2.05) is 30.3 Å². The molecule has 2 N–H and O–H groups in total. The third-order valence-corrected chi connectivity index (χ3v) is 3.68. The van der Waals surface area contributed by atoms with Gasteiger partial charge in [0.1, 0.15) is 11.7 Å². The number of halogens is 1. The van der Waals surface area contributed by atoms with Crippen LogP contribution in [0.4, 0.5) is 0 Å². The molecule has 23 heavy (non-hydrogen) atoms. The first-order valence-electron chi connectivity index (χ1n) is 7.40. The van der Waals surface area contributed by atoms with E-state index in [-0.39, 0.29) is 12.4 Å². The van der Waals surface area contributed by atoms with Gasteiger partial charge in [0.15, 0.2) is 0 Å². The lowest BCUT2D eigenvalue weighted by Crippen LogP contribution is -2.19. The summed E-state index contributed by atoms with van der Waals surface area (Å²) in [6.07, 6.45) is 4.06. The third-order valence-electron chi connectivity index (χ3n) is 3.68. The van der Waals surface area contributed by atoms with Crippen LogP contribution in [0.3, 0.4) is 0 Å². The zero-order valence-electron chi connectivity index (χ0n) is 12.5. The number of benzene rings is 2. The normalized spacial score (nSPS) is 13.8. The first kappa shape index (κ1) is 15.3. The molecule has 0 spiro atoms. The van der Waals surface area contributed by atoms with Gasteiger partial charge in [0.25, 0.3) is 0 Å². The van der Waals surface area contributed by atoms with Crippen LogP contribution in [0.2, 0.25) is 0 Å². The zero-order chi connectivity index (χ0) is 14.8. The average Bonchev–Trinajstić information content (AvgIpc) is 3.22. The van der Waals surface area contributed by atoms with Gasteiger partial charge >= 0.3 is 0 Å². The molecule has 116 valence electrons. The Hall–Kier alpha value is -2.59. The van der Waals surface area contributed by atoms with Crippen molar-refractivity contribution in [1.29, 1.82) is 0 Å². The van der Waals surface area contributed by atoms with Crippen LogP contribution in [0.5, 0.6) is 0 Å². The second-order valence-electron chi connectivity index (χ2n) is 5.26. The molecule has 0 bridgehead atoms. The van der Waals surface area contributed by atoms with E-state index in [1.165, 1.54) is 0 Å². The van der Waals surface area contributed by atoms with E-state index >= 15 is 0 Å². The van der Waals surface area contributed by atoms with Gasteiger partial charge in [-0.3, -0.25) is 4.99 Å². The highest BCUT2D eigenvalue weighted by Gasteiger charge is 2.09. The molecule has 1 aliphatic rings. The van der Waals surface area contributed by atoms with Gasteiger partial charge in [-0.05, 0) is 29.8 Å². The lowest BCUT2D eigenvalue weighted by atomic mass is 10.2. The van der Waals surface area contributed by atoms with Gasteiger partial charge in [0, 0.05) is 12.1 Å². The molecule has 5 heteroatoms. The number of aromatic amines is 1. The molecule has 0 aliphatic carbocycles. The summed E-state index contributed by atoms with van der Waals surface area (Å²) in [4.78, 5) is 12.4. The van der Waals surface area contributed by atoms with Crippen LogP contribution in [-0.2, 0) is 0 Å². The van der Waals surface area contributed by atoms with Crippen LogP contribution in [0.25, 0.3) is 23.2 Å². The highest BCUT2D eigenvalue weighted by atomic mass is 35.5. The van der Waals surface area contributed by atoms with Gasteiger partial charge in [-0.25, -0.2) is 4.98 Å². The van der Waals surface area contributed by atoms with E-state index < -0.39 is 0 Å². The molecule has 4 rings (SSSR count). The van der Waals surface area contributed by atoms with E-state index in [4.69, 9.17) is 0 Å². The third kappa shape index (κ3) is 3.27. The number of fused-ring (bicyclic) bond motifs is 1. The van der Waals surface area contributed by atoms with Crippen LogP contribution in [0.15, 0.2) is 53.5 Å². The Kier molecular flexibility index (Phi) is 4.44. The molecule has 1 aromatic heterocycles. The molecule has 0 saturated heterocycles. The van der Waals surface area contributed by atoms with Gasteiger partial charge in [-0.1, -0.05) is 36.4 Å². The summed E-state index contributed by atoms with van der Waals surface area (Å²) in [5.74, 6) is 1.83. The fraction of sp³-hybridized carbons (Fsp3) is 0.111. The molecule has 2 heterocycles. The van der Waals surface area contributed by atoms with Crippen molar-refractivity contribution in [2.75, 3.05) is 13.1 Å². The van der Waals surface area contributed by atoms with Crippen molar-refractivity contribution in [2.45, 2.75) is 0 Å². The van der Waals surface area contributed by atoms with Gasteiger partial charge < -0.3 is 10.3 Å². The summed E-state index contributed by atoms with van der Waals surface area (Å²) in [5.41, 5.74) is 4.26. The van der Waals surface area contributed by atoms with Gasteiger partial charge in [0.2, 0.25) is 0 Å². The van der Waals surface area contributed by atoms with Crippen molar-refractivity contribution >= 4 is 41.4 Å². The average molecular weight is 325 g/mol. The molecule has 0 amide bonds. The van der Waals surface area contributed by atoms with Gasteiger partial charge in [-0.15, -0.1) is 12.4 Å². The molecule has 2 aromatic carbocycles. The number of aromatic nitrogens is 2. The SMILES string of the molecule is C(=C/c1nc2ccc(C3=NCCN3)cc2[nH]1)/c1ccccc1.Cl. The minimum Gasteiger partial charge on any atom is -0.368 e. The Morgan fingerprint density at radius 3 is 2.65 bits per heavy atom. The first-order valence-corrected chi connectivity index (χ1v) is 7.40. The van der Waals surface area contributed by atoms with Crippen molar-refractivity contribution < 1.29 is 0 Å². The van der Waals surface area contributed by atoms with Crippen molar-refractivity contribution in [1.82, 2.24) is 15.3 Å². The Morgan fingerprint density at radius 2 is 1.87 bits per heavy atom. The standard InChI is InChI=1S/C18H16N4.ClH/c1-2-4-13(5-3-1)6-9-17-21-15-8-7-14(12-16(15)22-17)18-19-10-11-20-18;/h1-9,12H,10-11H2,(H,19,20)(H,21,22);1H/b9-6-;. The Morgan fingerprint density at radius 1 is 1.00 bits per heavy atom. The first-order chi connectivity index (χ1) is 10.9. The lowest BCUT2D eigenvalue weighted by molar-refractivity contribution is 0.960. The zero-order valence-corrected chi connectivity index (χ0v) is 13.3.